The zero-order valence-corrected chi connectivity index (χ0v) is 19.3. The first-order valence-electron chi connectivity index (χ1n) is 11.6. The van der Waals surface area contributed by atoms with E-state index in [2.05, 4.69) is 21.0 Å². The number of hydrogen-bond donors (Lipinski definition) is 5. The molecule has 35 heavy (non-hydrogen) atoms. The molecule has 3 atom stereocenters. The molecule has 2 aliphatic heterocycles. The molecule has 3 aromatic rings. The van der Waals surface area contributed by atoms with Crippen LogP contribution < -0.4 is 16.0 Å². The van der Waals surface area contributed by atoms with Crippen molar-refractivity contribution in [2.24, 2.45) is 7.05 Å². The number of amides is 3. The van der Waals surface area contributed by atoms with Gasteiger partial charge in [0.2, 0.25) is 0 Å². The number of aliphatic hydroxyl groups is 2. The van der Waals surface area contributed by atoms with Crippen LogP contribution in [0.15, 0.2) is 54.7 Å². The highest BCUT2D eigenvalue weighted by molar-refractivity contribution is 5.98. The Morgan fingerprint density at radius 3 is 2.80 bits per heavy atom. The molecule has 0 spiro atoms. The number of aliphatic hydroxyl groups excluding tert-OH is 2. The van der Waals surface area contributed by atoms with E-state index in [9.17, 15) is 19.8 Å². The third kappa shape index (κ3) is 4.76. The number of fused-ring (bicyclic) bond motifs is 1. The number of aryl methyl sites for hydroxylation is 1. The zero-order valence-electron chi connectivity index (χ0n) is 19.3. The number of aromatic nitrogens is 2. The fraction of sp³-hybridized carbons (Fsp3) is 0.320. The summed E-state index contributed by atoms with van der Waals surface area (Å²) >= 11 is 0. The van der Waals surface area contributed by atoms with E-state index < -0.39 is 18.5 Å². The van der Waals surface area contributed by atoms with E-state index in [0.29, 0.717) is 37.2 Å². The maximum atomic E-state index is 12.9. The second kappa shape index (κ2) is 9.49. The summed E-state index contributed by atoms with van der Waals surface area (Å²) in [6.45, 7) is 0.684. The van der Waals surface area contributed by atoms with Crippen LogP contribution in [-0.4, -0.2) is 55.3 Å². The molecule has 10 heteroatoms. The van der Waals surface area contributed by atoms with E-state index in [-0.39, 0.29) is 11.9 Å². The van der Waals surface area contributed by atoms with Crippen molar-refractivity contribution in [3.63, 3.8) is 0 Å². The SMILES string of the molecule is Cn1nccc1-c1cccc(NC(=O)NCc2ccc3c(c2)CN(C2CCC(O)NC2O)C3=O)c1. The van der Waals surface area contributed by atoms with Crippen LogP contribution in [0.25, 0.3) is 11.3 Å². The molecule has 0 saturated carbocycles. The summed E-state index contributed by atoms with van der Waals surface area (Å²) in [7, 11) is 1.87. The number of rotatable bonds is 5. The number of piperidine rings is 1. The maximum Gasteiger partial charge on any atom is 0.319 e. The molecule has 1 aromatic heterocycles. The highest BCUT2D eigenvalue weighted by Crippen LogP contribution is 2.29. The Morgan fingerprint density at radius 1 is 1.17 bits per heavy atom. The summed E-state index contributed by atoms with van der Waals surface area (Å²) in [6.07, 6.45) is 0.980. The Hall–Kier alpha value is -3.73. The molecule has 0 radical (unpaired) electrons. The summed E-state index contributed by atoms with van der Waals surface area (Å²) < 4.78 is 1.77. The van der Waals surface area contributed by atoms with Gasteiger partial charge in [-0.3, -0.25) is 14.8 Å². The number of carbonyl (C=O) groups excluding carboxylic acids is 2. The van der Waals surface area contributed by atoms with Gasteiger partial charge in [-0.15, -0.1) is 0 Å². The third-order valence-corrected chi connectivity index (χ3v) is 6.56. The maximum absolute atomic E-state index is 12.9. The van der Waals surface area contributed by atoms with Gasteiger partial charge in [0.25, 0.3) is 5.91 Å². The second-order valence-corrected chi connectivity index (χ2v) is 8.93. The van der Waals surface area contributed by atoms with Crippen LogP contribution in [0.1, 0.15) is 34.3 Å². The number of anilines is 1. The predicted octanol–water partition coefficient (Wildman–Crippen LogP) is 1.75. The van der Waals surface area contributed by atoms with E-state index >= 15 is 0 Å². The fourth-order valence-electron chi connectivity index (χ4n) is 4.75. The van der Waals surface area contributed by atoms with Gasteiger partial charge in [-0.05, 0) is 48.2 Å². The van der Waals surface area contributed by atoms with Crippen molar-refractivity contribution in [3.8, 4) is 11.3 Å². The van der Waals surface area contributed by atoms with Gasteiger partial charge in [-0.1, -0.05) is 24.3 Å². The lowest BCUT2D eigenvalue weighted by Crippen LogP contribution is -2.56. The number of benzene rings is 2. The minimum absolute atomic E-state index is 0.132. The molecule has 2 aliphatic rings. The van der Waals surface area contributed by atoms with Gasteiger partial charge < -0.3 is 25.7 Å². The van der Waals surface area contributed by atoms with Crippen molar-refractivity contribution in [1.29, 1.82) is 0 Å². The van der Waals surface area contributed by atoms with Crippen molar-refractivity contribution in [2.45, 2.75) is 44.4 Å². The van der Waals surface area contributed by atoms with Crippen LogP contribution >= 0.6 is 0 Å². The molecule has 5 N–H and O–H groups in total. The van der Waals surface area contributed by atoms with Crippen molar-refractivity contribution in [3.05, 3.63) is 71.4 Å². The van der Waals surface area contributed by atoms with Crippen LogP contribution in [0.4, 0.5) is 10.5 Å². The van der Waals surface area contributed by atoms with Gasteiger partial charge >= 0.3 is 6.03 Å². The lowest BCUT2D eigenvalue weighted by Gasteiger charge is -2.37. The summed E-state index contributed by atoms with van der Waals surface area (Å²) in [4.78, 5) is 27.0. The molecule has 3 heterocycles. The summed E-state index contributed by atoms with van der Waals surface area (Å²) in [5.74, 6) is -0.132. The molecule has 1 fully saturated rings. The van der Waals surface area contributed by atoms with E-state index in [1.54, 1.807) is 21.8 Å². The Labute approximate surface area is 202 Å². The van der Waals surface area contributed by atoms with Gasteiger partial charge in [0.05, 0.1) is 11.7 Å². The zero-order chi connectivity index (χ0) is 24.5. The van der Waals surface area contributed by atoms with Crippen molar-refractivity contribution in [2.75, 3.05) is 5.32 Å². The highest BCUT2D eigenvalue weighted by Gasteiger charge is 2.38. The van der Waals surface area contributed by atoms with Gasteiger partial charge in [0.15, 0.2) is 0 Å². The minimum atomic E-state index is -0.974. The van der Waals surface area contributed by atoms with Crippen molar-refractivity contribution < 1.29 is 19.8 Å². The third-order valence-electron chi connectivity index (χ3n) is 6.56. The number of nitrogens with zero attached hydrogens (tertiary/aromatic N) is 3. The average molecular weight is 477 g/mol. The van der Waals surface area contributed by atoms with Crippen LogP contribution in [0.5, 0.6) is 0 Å². The molecule has 1 saturated heterocycles. The van der Waals surface area contributed by atoms with E-state index in [0.717, 1.165) is 22.4 Å². The molecule has 2 aromatic carbocycles. The Kier molecular flexibility index (Phi) is 6.25. The topological polar surface area (TPSA) is 132 Å². The number of urea groups is 1. The average Bonchev–Trinajstić information content (AvgIpc) is 3.41. The van der Waals surface area contributed by atoms with Crippen LogP contribution in [-0.2, 0) is 20.1 Å². The normalized spacial score (nSPS) is 21.6. The monoisotopic (exact) mass is 476 g/mol. The van der Waals surface area contributed by atoms with Gasteiger partial charge in [-0.25, -0.2) is 4.79 Å². The standard InChI is InChI=1S/C25H28N6O4/c1-30-20(9-10-27-30)16-3-2-4-18(12-16)28-25(35)26-13-15-5-6-19-17(11-15)14-31(24(19)34)21-7-8-22(32)29-23(21)33/h2-6,9-12,21-23,29,32-33H,7-8,13-14H2,1H3,(H2,26,28,35). The Morgan fingerprint density at radius 2 is 2.03 bits per heavy atom. The van der Waals surface area contributed by atoms with Crippen molar-refractivity contribution >= 4 is 17.6 Å². The van der Waals surface area contributed by atoms with E-state index in [1.807, 2.05) is 49.5 Å². The summed E-state index contributed by atoms with van der Waals surface area (Å²) in [5.41, 5.74) is 4.89. The minimum Gasteiger partial charge on any atom is -0.379 e. The van der Waals surface area contributed by atoms with Gasteiger partial charge in [0, 0.05) is 43.1 Å². The molecule has 182 valence electrons. The molecular formula is C25H28N6O4. The Bertz CT molecular complexity index is 1260. The van der Waals surface area contributed by atoms with Crippen LogP contribution in [0, 0.1) is 0 Å². The van der Waals surface area contributed by atoms with Crippen molar-refractivity contribution in [1.82, 2.24) is 25.3 Å². The van der Waals surface area contributed by atoms with Crippen LogP contribution in [0.3, 0.4) is 0 Å². The Balaban J connectivity index is 1.20. The predicted molar refractivity (Wildman–Crippen MR) is 129 cm³/mol. The number of hydrogen-bond acceptors (Lipinski definition) is 6. The summed E-state index contributed by atoms with van der Waals surface area (Å²) in [5, 5.41) is 32.5. The molecule has 3 amide bonds. The van der Waals surface area contributed by atoms with Crippen LogP contribution in [0.2, 0.25) is 0 Å². The lowest BCUT2D eigenvalue weighted by atomic mass is 10.0. The van der Waals surface area contributed by atoms with E-state index in [4.69, 9.17) is 0 Å². The number of carbonyl (C=O) groups is 2. The lowest BCUT2D eigenvalue weighted by molar-refractivity contribution is -0.0477. The smallest absolute Gasteiger partial charge is 0.319 e. The largest absolute Gasteiger partial charge is 0.379 e. The molecule has 0 bridgehead atoms. The molecule has 5 rings (SSSR count). The first-order chi connectivity index (χ1) is 16.9. The highest BCUT2D eigenvalue weighted by atomic mass is 16.3. The molecule has 3 unspecified atom stereocenters. The van der Waals surface area contributed by atoms with E-state index in [1.165, 1.54) is 0 Å². The number of nitrogens with one attached hydrogen (secondary N) is 3. The van der Waals surface area contributed by atoms with Gasteiger partial charge in [0.1, 0.15) is 12.5 Å². The first kappa shape index (κ1) is 23.0. The van der Waals surface area contributed by atoms with Gasteiger partial charge in [-0.2, -0.15) is 5.10 Å². The summed E-state index contributed by atoms with van der Waals surface area (Å²) in [6, 6.07) is 14.2. The fourth-order valence-corrected chi connectivity index (χ4v) is 4.75. The first-order valence-corrected chi connectivity index (χ1v) is 11.6. The molecule has 0 aliphatic carbocycles. The quantitative estimate of drug-likeness (QED) is 0.381. The molecule has 10 nitrogen and oxygen atoms in total. The second-order valence-electron chi connectivity index (χ2n) is 8.93. The molecular weight excluding hydrogens is 448 g/mol.